The zero-order valence-corrected chi connectivity index (χ0v) is 19.9. The van der Waals surface area contributed by atoms with Crippen molar-refractivity contribution in [3.8, 4) is 11.1 Å². The zero-order valence-electron chi connectivity index (χ0n) is 19.0. The first-order valence-corrected chi connectivity index (χ1v) is 12.9. The van der Waals surface area contributed by atoms with Gasteiger partial charge in [0.05, 0.1) is 16.3 Å². The minimum absolute atomic E-state index is 0.0119. The van der Waals surface area contributed by atoms with E-state index >= 15 is 0 Å². The van der Waals surface area contributed by atoms with Crippen molar-refractivity contribution in [2.24, 2.45) is 11.7 Å². The fourth-order valence-electron chi connectivity index (χ4n) is 4.86. The van der Waals surface area contributed by atoms with Gasteiger partial charge in [-0.15, -0.1) is 0 Å². The van der Waals surface area contributed by atoms with Gasteiger partial charge in [0.25, 0.3) is 0 Å². The van der Waals surface area contributed by atoms with Crippen LogP contribution in [0.1, 0.15) is 51.5 Å². The Morgan fingerprint density at radius 1 is 1.15 bits per heavy atom. The van der Waals surface area contributed by atoms with E-state index in [1.54, 1.807) is 25.3 Å². The maximum Gasteiger partial charge on any atom is 0.356 e. The number of hydrogen-bond donors (Lipinski definition) is 3. The van der Waals surface area contributed by atoms with Crippen molar-refractivity contribution < 1.29 is 19.1 Å². The summed E-state index contributed by atoms with van der Waals surface area (Å²) in [4.78, 5) is 35.8. The molecule has 1 saturated carbocycles. The highest BCUT2D eigenvalue weighted by atomic mass is 31.2. The normalized spacial score (nSPS) is 16.1. The van der Waals surface area contributed by atoms with Crippen molar-refractivity contribution in [1.29, 1.82) is 0 Å². The van der Waals surface area contributed by atoms with Gasteiger partial charge in [0.15, 0.2) is 5.78 Å². The Balaban J connectivity index is 1.84. The van der Waals surface area contributed by atoms with Crippen LogP contribution >= 0.6 is 7.60 Å². The van der Waals surface area contributed by atoms with Gasteiger partial charge in [0, 0.05) is 41.3 Å². The van der Waals surface area contributed by atoms with E-state index in [1.807, 2.05) is 6.07 Å². The number of Topliss-reactive ketones (excluding diaryl/α,β-unsaturated/α-hetero) is 1. The molecule has 1 aliphatic carbocycles. The molecule has 0 amide bonds. The van der Waals surface area contributed by atoms with Crippen LogP contribution in [-0.4, -0.2) is 25.1 Å². The van der Waals surface area contributed by atoms with Gasteiger partial charge in [-0.05, 0) is 56.4 Å². The van der Waals surface area contributed by atoms with Crippen LogP contribution < -0.4 is 11.0 Å². The van der Waals surface area contributed by atoms with E-state index in [0.29, 0.717) is 22.8 Å². The molecule has 0 saturated heterocycles. The zero-order chi connectivity index (χ0) is 23.8. The Morgan fingerprint density at radius 3 is 2.39 bits per heavy atom. The number of pyridine rings is 1. The second kappa shape index (κ2) is 9.26. The molecular formula is C25H30N3O4P. The largest absolute Gasteiger partial charge is 0.402 e. The predicted molar refractivity (Wildman–Crippen MR) is 131 cm³/mol. The Morgan fingerprint density at radius 2 is 1.82 bits per heavy atom. The number of nitrogens with zero attached hydrogens (tertiary/aromatic N) is 2. The second-order valence-corrected chi connectivity index (χ2v) is 10.6. The topological polar surface area (TPSA) is 118 Å². The molecule has 0 unspecified atom stereocenters. The fraction of sp³-hybridized carbons (Fsp3) is 0.360. The molecule has 1 aliphatic rings. The fourth-order valence-corrected chi connectivity index (χ4v) is 5.39. The lowest BCUT2D eigenvalue weighted by molar-refractivity contribution is -0.111. The van der Waals surface area contributed by atoms with Gasteiger partial charge in [0.1, 0.15) is 0 Å². The third kappa shape index (κ3) is 4.96. The van der Waals surface area contributed by atoms with Crippen LogP contribution in [0.4, 0.5) is 0 Å². The smallest absolute Gasteiger partial charge is 0.356 e. The Kier molecular flexibility index (Phi) is 6.57. The number of aromatic nitrogens is 2. The monoisotopic (exact) mass is 467 g/mol. The Bertz CT molecular complexity index is 1260. The van der Waals surface area contributed by atoms with E-state index in [0.717, 1.165) is 28.7 Å². The number of carbonyl (C=O) groups is 1. The molecular weight excluding hydrogens is 437 g/mol. The minimum Gasteiger partial charge on any atom is -0.402 e. The van der Waals surface area contributed by atoms with E-state index in [4.69, 9.17) is 10.7 Å². The summed E-state index contributed by atoms with van der Waals surface area (Å²) in [6.45, 7) is 4.09. The Labute approximate surface area is 193 Å². The average Bonchev–Trinajstić information content (AvgIpc) is 3.11. The predicted octanol–water partition coefficient (Wildman–Crippen LogP) is 4.37. The Hall–Kier alpha value is -2.73. The van der Waals surface area contributed by atoms with Crippen molar-refractivity contribution in [3.63, 3.8) is 0 Å². The molecule has 1 fully saturated rings. The molecule has 0 atom stereocenters. The van der Waals surface area contributed by atoms with Crippen LogP contribution in [0, 0.1) is 5.92 Å². The molecule has 7 nitrogen and oxygen atoms in total. The van der Waals surface area contributed by atoms with Crippen LogP contribution in [0.2, 0.25) is 0 Å². The minimum atomic E-state index is -4.30. The summed E-state index contributed by atoms with van der Waals surface area (Å²) in [7, 11) is -4.30. The molecule has 0 radical (unpaired) electrons. The van der Waals surface area contributed by atoms with Crippen molar-refractivity contribution in [2.75, 3.05) is 0 Å². The molecule has 33 heavy (non-hydrogen) atoms. The van der Waals surface area contributed by atoms with Crippen LogP contribution in [0.25, 0.3) is 27.7 Å². The number of benzene rings is 1. The SMILES string of the molecule is CC(=O)C(=C(C)N)c1cnc2c(-c3ccc(P(=O)(O)O)cc3)cn(CC3CCCCC3)c2c1. The molecule has 8 heteroatoms. The van der Waals surface area contributed by atoms with Crippen LogP contribution in [0.3, 0.4) is 0 Å². The number of allylic oxidation sites excluding steroid dienone is 2. The molecule has 0 bridgehead atoms. The van der Waals surface area contributed by atoms with Crippen LogP contribution in [0.15, 0.2) is 48.4 Å². The number of hydrogen-bond acceptors (Lipinski definition) is 4. The highest BCUT2D eigenvalue weighted by molar-refractivity contribution is 7.60. The first-order valence-electron chi connectivity index (χ1n) is 11.3. The van der Waals surface area contributed by atoms with E-state index < -0.39 is 7.60 Å². The lowest BCUT2D eigenvalue weighted by atomic mass is 9.89. The number of fused-ring (bicyclic) bond motifs is 1. The van der Waals surface area contributed by atoms with E-state index in [2.05, 4.69) is 10.8 Å². The first-order chi connectivity index (χ1) is 15.6. The van der Waals surface area contributed by atoms with Gasteiger partial charge >= 0.3 is 7.60 Å². The van der Waals surface area contributed by atoms with Gasteiger partial charge in [-0.1, -0.05) is 31.4 Å². The van der Waals surface area contributed by atoms with Crippen molar-refractivity contribution in [3.05, 3.63) is 54.0 Å². The maximum absolute atomic E-state index is 12.2. The number of rotatable bonds is 6. The van der Waals surface area contributed by atoms with Gasteiger partial charge < -0.3 is 20.1 Å². The second-order valence-electron chi connectivity index (χ2n) is 9.00. The average molecular weight is 468 g/mol. The maximum atomic E-state index is 12.2. The number of nitrogens with two attached hydrogens (primary N) is 1. The molecule has 0 spiro atoms. The van der Waals surface area contributed by atoms with Crippen molar-refractivity contribution in [1.82, 2.24) is 9.55 Å². The molecule has 0 aliphatic heterocycles. The third-order valence-corrected chi connectivity index (χ3v) is 7.42. The quantitative estimate of drug-likeness (QED) is 0.366. The molecule has 3 aromatic rings. The highest BCUT2D eigenvalue weighted by Gasteiger charge is 2.21. The molecule has 2 heterocycles. The summed E-state index contributed by atoms with van der Waals surface area (Å²) in [5, 5.41) is -0.0119. The number of carbonyl (C=O) groups excluding carboxylic acids is 1. The van der Waals surface area contributed by atoms with Crippen LogP contribution in [0.5, 0.6) is 0 Å². The number of ketones is 1. The molecule has 4 N–H and O–H groups in total. The van der Waals surface area contributed by atoms with Crippen molar-refractivity contribution in [2.45, 2.75) is 52.5 Å². The van der Waals surface area contributed by atoms with Gasteiger partial charge in [0.2, 0.25) is 0 Å². The molecule has 174 valence electrons. The van der Waals surface area contributed by atoms with Gasteiger partial charge in [-0.2, -0.15) is 0 Å². The summed E-state index contributed by atoms with van der Waals surface area (Å²) >= 11 is 0. The molecule has 1 aromatic carbocycles. The third-order valence-electron chi connectivity index (χ3n) is 6.45. The molecule has 2 aromatic heterocycles. The first kappa shape index (κ1) is 23.4. The lowest BCUT2D eigenvalue weighted by Crippen LogP contribution is -2.13. The van der Waals surface area contributed by atoms with Gasteiger partial charge in [-0.25, -0.2) is 0 Å². The van der Waals surface area contributed by atoms with E-state index in [1.165, 1.54) is 51.2 Å². The highest BCUT2D eigenvalue weighted by Crippen LogP contribution is 2.36. The van der Waals surface area contributed by atoms with E-state index in [9.17, 15) is 19.1 Å². The summed E-state index contributed by atoms with van der Waals surface area (Å²) in [6, 6.07) is 8.33. The van der Waals surface area contributed by atoms with Crippen molar-refractivity contribution >= 4 is 35.3 Å². The van der Waals surface area contributed by atoms with E-state index in [-0.39, 0.29) is 11.1 Å². The lowest BCUT2D eigenvalue weighted by Gasteiger charge is -2.22. The van der Waals surface area contributed by atoms with Crippen LogP contribution in [-0.2, 0) is 15.9 Å². The summed E-state index contributed by atoms with van der Waals surface area (Å²) in [5.74, 6) is 0.483. The molecule has 4 rings (SSSR count). The standard InChI is InChI=1S/C25H30N3O4P/c1-16(26)24(17(2)29)20-12-23-25(27-13-20)22(15-28(23)14-18-6-4-3-5-7-18)19-8-10-21(11-9-19)33(30,31)32/h8-13,15,18H,3-7,14,26H2,1-2H3,(H2,30,31,32). The summed E-state index contributed by atoms with van der Waals surface area (Å²) in [6.07, 6.45) is 9.90. The summed E-state index contributed by atoms with van der Waals surface area (Å²) in [5.41, 5.74) is 11.1. The summed E-state index contributed by atoms with van der Waals surface area (Å²) < 4.78 is 13.8. The van der Waals surface area contributed by atoms with Gasteiger partial charge in [-0.3, -0.25) is 14.3 Å².